The molecule has 0 spiro atoms. The van der Waals surface area contributed by atoms with Gasteiger partial charge in [-0.25, -0.2) is 9.69 Å². The number of halogens is 2. The zero-order valence-electron chi connectivity index (χ0n) is 10.6. The molecule has 106 valence electrons. The summed E-state index contributed by atoms with van der Waals surface area (Å²) in [4.78, 5) is 26.9. The molecule has 0 bridgehead atoms. The van der Waals surface area contributed by atoms with E-state index in [9.17, 15) is 9.59 Å². The summed E-state index contributed by atoms with van der Waals surface area (Å²) in [7, 11) is 0. The molecule has 0 aromatic heterocycles. The summed E-state index contributed by atoms with van der Waals surface area (Å²) >= 11 is 0. The lowest BCUT2D eigenvalue weighted by Gasteiger charge is -2.30. The summed E-state index contributed by atoms with van der Waals surface area (Å²) in [6.07, 6.45) is 0. The molecular weight excluding hydrogens is 279 g/mol. The molecule has 2 aliphatic rings. The molecule has 8 heteroatoms. The van der Waals surface area contributed by atoms with E-state index in [2.05, 4.69) is 15.5 Å². The van der Waals surface area contributed by atoms with Crippen molar-refractivity contribution >= 4 is 36.8 Å². The van der Waals surface area contributed by atoms with Crippen LogP contribution in [0.25, 0.3) is 0 Å². The Morgan fingerprint density at radius 3 is 2.17 bits per heavy atom. The SMILES string of the molecule is CC1(C)NC(=O)N(CN2CCNCC2)C1=O.Cl.Cl. The maximum Gasteiger partial charge on any atom is 0.326 e. The number of piperazine rings is 1. The fraction of sp³-hybridized carbons (Fsp3) is 0.800. The van der Waals surface area contributed by atoms with Crippen LogP contribution in [-0.4, -0.2) is 60.1 Å². The van der Waals surface area contributed by atoms with Crippen LogP contribution in [0, 0.1) is 0 Å². The van der Waals surface area contributed by atoms with E-state index >= 15 is 0 Å². The summed E-state index contributed by atoms with van der Waals surface area (Å²) in [6, 6.07) is -0.284. The average Bonchev–Trinajstić information content (AvgIpc) is 2.42. The zero-order chi connectivity index (χ0) is 11.8. The lowest BCUT2D eigenvalue weighted by molar-refractivity contribution is -0.131. The molecule has 6 nitrogen and oxygen atoms in total. The van der Waals surface area contributed by atoms with Crippen LogP contribution in [0.15, 0.2) is 0 Å². The number of carbonyl (C=O) groups excluding carboxylic acids is 2. The van der Waals surface area contributed by atoms with Gasteiger partial charge in [-0.05, 0) is 13.8 Å². The van der Waals surface area contributed by atoms with Crippen LogP contribution in [0.4, 0.5) is 4.79 Å². The van der Waals surface area contributed by atoms with Gasteiger partial charge in [0.15, 0.2) is 0 Å². The first kappa shape index (κ1) is 17.4. The predicted molar refractivity (Wildman–Crippen MR) is 73.3 cm³/mol. The Morgan fingerprint density at radius 2 is 1.72 bits per heavy atom. The highest BCUT2D eigenvalue weighted by molar-refractivity contribution is 6.06. The minimum absolute atomic E-state index is 0. The summed E-state index contributed by atoms with van der Waals surface area (Å²) in [5.74, 6) is -0.143. The minimum atomic E-state index is -0.759. The first-order valence-corrected chi connectivity index (χ1v) is 5.58. The Balaban J connectivity index is 0.00000144. The van der Waals surface area contributed by atoms with Gasteiger partial charge in [0.25, 0.3) is 5.91 Å². The molecule has 18 heavy (non-hydrogen) atoms. The highest BCUT2D eigenvalue weighted by atomic mass is 35.5. The van der Waals surface area contributed by atoms with Gasteiger partial charge in [0.2, 0.25) is 0 Å². The number of hydrogen-bond acceptors (Lipinski definition) is 4. The molecule has 2 rings (SSSR count). The lowest BCUT2D eigenvalue weighted by Crippen LogP contribution is -2.50. The Hall–Kier alpha value is -0.560. The third-order valence-corrected chi connectivity index (χ3v) is 3.00. The topological polar surface area (TPSA) is 64.7 Å². The Kier molecular flexibility index (Phi) is 6.36. The maximum atomic E-state index is 11.9. The van der Waals surface area contributed by atoms with Gasteiger partial charge in [0.1, 0.15) is 5.54 Å². The van der Waals surface area contributed by atoms with E-state index in [4.69, 9.17) is 0 Å². The van der Waals surface area contributed by atoms with Gasteiger partial charge >= 0.3 is 6.03 Å². The van der Waals surface area contributed by atoms with Gasteiger partial charge in [-0.2, -0.15) is 0 Å². The molecule has 2 fully saturated rings. The van der Waals surface area contributed by atoms with E-state index in [-0.39, 0.29) is 36.8 Å². The van der Waals surface area contributed by atoms with Crippen molar-refractivity contribution in [2.75, 3.05) is 32.8 Å². The fourth-order valence-corrected chi connectivity index (χ4v) is 2.00. The summed E-state index contributed by atoms with van der Waals surface area (Å²) in [5, 5.41) is 5.91. The number of rotatable bonds is 2. The Bertz CT molecular complexity index is 319. The first-order chi connectivity index (χ1) is 7.50. The van der Waals surface area contributed by atoms with Crippen LogP contribution in [0.5, 0.6) is 0 Å². The van der Waals surface area contributed by atoms with Crippen LogP contribution in [0.1, 0.15) is 13.8 Å². The largest absolute Gasteiger partial charge is 0.326 e. The van der Waals surface area contributed by atoms with Gasteiger partial charge < -0.3 is 10.6 Å². The first-order valence-electron chi connectivity index (χ1n) is 5.58. The van der Waals surface area contributed by atoms with E-state index in [1.165, 1.54) is 4.90 Å². The van der Waals surface area contributed by atoms with Crippen molar-refractivity contribution in [3.8, 4) is 0 Å². The van der Waals surface area contributed by atoms with Crippen molar-refractivity contribution in [1.82, 2.24) is 20.4 Å². The molecule has 2 saturated heterocycles. The molecule has 2 N–H and O–H groups in total. The Morgan fingerprint density at radius 1 is 1.17 bits per heavy atom. The summed E-state index contributed by atoms with van der Waals surface area (Å²) in [5.41, 5.74) is -0.759. The van der Waals surface area contributed by atoms with Crippen LogP contribution >= 0.6 is 24.8 Å². The van der Waals surface area contributed by atoms with Crippen molar-refractivity contribution in [3.63, 3.8) is 0 Å². The molecule has 0 atom stereocenters. The number of nitrogens with zero attached hydrogens (tertiary/aromatic N) is 2. The third-order valence-electron chi connectivity index (χ3n) is 3.00. The number of amides is 3. The van der Waals surface area contributed by atoms with E-state index < -0.39 is 5.54 Å². The van der Waals surface area contributed by atoms with Crippen molar-refractivity contribution < 1.29 is 9.59 Å². The second-order valence-corrected chi connectivity index (χ2v) is 4.80. The van der Waals surface area contributed by atoms with Crippen molar-refractivity contribution in [2.24, 2.45) is 0 Å². The normalized spacial score (nSPS) is 23.1. The number of carbonyl (C=O) groups is 2. The summed E-state index contributed by atoms with van der Waals surface area (Å²) in [6.45, 7) is 7.42. The molecule has 3 amide bonds. The van der Waals surface area contributed by atoms with E-state index in [1.807, 2.05) is 0 Å². The van der Waals surface area contributed by atoms with Crippen LogP contribution < -0.4 is 10.6 Å². The Labute approximate surface area is 119 Å². The molecule has 2 aliphatic heterocycles. The quantitative estimate of drug-likeness (QED) is 0.706. The van der Waals surface area contributed by atoms with E-state index in [1.54, 1.807) is 13.8 Å². The predicted octanol–water partition coefficient (Wildman–Crippen LogP) is 0.0231. The minimum Gasteiger partial charge on any atom is -0.324 e. The van der Waals surface area contributed by atoms with Gasteiger partial charge in [0, 0.05) is 26.2 Å². The highest BCUT2D eigenvalue weighted by Crippen LogP contribution is 2.16. The van der Waals surface area contributed by atoms with Crippen LogP contribution in [-0.2, 0) is 4.79 Å². The molecule has 0 aliphatic carbocycles. The molecule has 0 radical (unpaired) electrons. The van der Waals surface area contributed by atoms with Crippen LogP contribution in [0.2, 0.25) is 0 Å². The van der Waals surface area contributed by atoms with Crippen molar-refractivity contribution in [1.29, 1.82) is 0 Å². The van der Waals surface area contributed by atoms with Crippen LogP contribution in [0.3, 0.4) is 0 Å². The van der Waals surface area contributed by atoms with E-state index in [0.717, 1.165) is 26.2 Å². The molecule has 0 aromatic rings. The fourth-order valence-electron chi connectivity index (χ4n) is 2.00. The average molecular weight is 299 g/mol. The molecule has 0 aromatic carbocycles. The molecular formula is C10H20Cl2N4O2. The number of imide groups is 1. The lowest BCUT2D eigenvalue weighted by atomic mass is 10.1. The maximum absolute atomic E-state index is 11.9. The van der Waals surface area contributed by atoms with E-state index in [0.29, 0.717) is 6.67 Å². The van der Waals surface area contributed by atoms with Gasteiger partial charge in [-0.1, -0.05) is 0 Å². The summed E-state index contributed by atoms with van der Waals surface area (Å²) < 4.78 is 0. The zero-order valence-corrected chi connectivity index (χ0v) is 12.2. The smallest absolute Gasteiger partial charge is 0.324 e. The molecule has 0 unspecified atom stereocenters. The number of hydrogen-bond donors (Lipinski definition) is 2. The number of urea groups is 1. The second kappa shape index (κ2) is 6.56. The van der Waals surface area contributed by atoms with Crippen molar-refractivity contribution in [2.45, 2.75) is 19.4 Å². The molecule has 0 saturated carbocycles. The van der Waals surface area contributed by atoms with Gasteiger partial charge in [-0.15, -0.1) is 24.8 Å². The number of nitrogens with one attached hydrogen (secondary N) is 2. The van der Waals surface area contributed by atoms with Gasteiger partial charge in [-0.3, -0.25) is 9.69 Å². The standard InChI is InChI=1S/C10H18N4O2.2ClH/c1-10(2)8(15)14(9(16)12-10)7-13-5-3-11-4-6-13;;/h11H,3-7H2,1-2H3,(H,12,16);2*1H. The third kappa shape index (κ3) is 3.47. The van der Waals surface area contributed by atoms with Crippen molar-refractivity contribution in [3.05, 3.63) is 0 Å². The highest BCUT2D eigenvalue weighted by Gasteiger charge is 2.44. The molecule has 2 heterocycles. The second-order valence-electron chi connectivity index (χ2n) is 4.80. The monoisotopic (exact) mass is 298 g/mol. The van der Waals surface area contributed by atoms with Gasteiger partial charge in [0.05, 0.1) is 6.67 Å².